The Morgan fingerprint density at radius 1 is 1.33 bits per heavy atom. The molecule has 21 heavy (non-hydrogen) atoms. The molecule has 2 amide bonds. The Labute approximate surface area is 124 Å². The third kappa shape index (κ3) is 3.17. The zero-order chi connectivity index (χ0) is 14.8. The Morgan fingerprint density at radius 3 is 2.86 bits per heavy atom. The van der Waals surface area contributed by atoms with Crippen molar-refractivity contribution in [1.29, 1.82) is 0 Å². The van der Waals surface area contributed by atoms with Gasteiger partial charge < -0.3 is 9.64 Å². The maximum atomic E-state index is 12.2. The van der Waals surface area contributed by atoms with E-state index in [4.69, 9.17) is 4.74 Å². The summed E-state index contributed by atoms with van der Waals surface area (Å²) >= 11 is 0. The second kappa shape index (κ2) is 5.76. The van der Waals surface area contributed by atoms with Crippen molar-refractivity contribution in [3.05, 3.63) is 29.3 Å². The minimum Gasteiger partial charge on any atom is -0.450 e. The van der Waals surface area contributed by atoms with Gasteiger partial charge in [-0.25, -0.2) is 4.79 Å². The van der Waals surface area contributed by atoms with Crippen molar-refractivity contribution >= 4 is 17.7 Å². The lowest BCUT2D eigenvalue weighted by Crippen LogP contribution is -2.36. The summed E-state index contributed by atoms with van der Waals surface area (Å²) in [5.74, 6) is 0.539. The predicted molar refractivity (Wildman–Crippen MR) is 78.9 cm³/mol. The first-order chi connectivity index (χ1) is 10.2. The standard InChI is InChI=1S/C16H20N2O3/c1-2-21-16(20)17-14-6-5-11-7-8-18(10-13(11)9-14)15(19)12-3-4-12/h5-6,9,12H,2-4,7-8,10H2,1H3,(H,17,20). The van der Waals surface area contributed by atoms with Crippen LogP contribution in [0.3, 0.4) is 0 Å². The first-order valence-electron chi connectivity index (χ1n) is 7.51. The lowest BCUT2D eigenvalue weighted by molar-refractivity contribution is -0.133. The number of carbonyl (C=O) groups is 2. The summed E-state index contributed by atoms with van der Waals surface area (Å²) < 4.78 is 4.87. The second-order valence-corrected chi connectivity index (χ2v) is 5.61. The molecule has 1 aliphatic carbocycles. The molecule has 112 valence electrons. The Morgan fingerprint density at radius 2 is 2.14 bits per heavy atom. The van der Waals surface area contributed by atoms with Gasteiger partial charge in [-0.3, -0.25) is 10.1 Å². The molecule has 0 aromatic heterocycles. The van der Waals surface area contributed by atoms with E-state index in [1.54, 1.807) is 6.92 Å². The highest BCUT2D eigenvalue weighted by Gasteiger charge is 2.34. The van der Waals surface area contributed by atoms with Crippen LogP contribution in [-0.4, -0.2) is 30.1 Å². The van der Waals surface area contributed by atoms with Crippen LogP contribution in [0.25, 0.3) is 0 Å². The molecule has 1 N–H and O–H groups in total. The van der Waals surface area contributed by atoms with Gasteiger partial charge in [-0.2, -0.15) is 0 Å². The van der Waals surface area contributed by atoms with Crippen LogP contribution in [0.5, 0.6) is 0 Å². The van der Waals surface area contributed by atoms with Crippen LogP contribution < -0.4 is 5.32 Å². The van der Waals surface area contributed by atoms with Crippen molar-refractivity contribution in [2.75, 3.05) is 18.5 Å². The SMILES string of the molecule is CCOC(=O)Nc1ccc2c(c1)CN(C(=O)C1CC1)CC2. The van der Waals surface area contributed by atoms with Gasteiger partial charge in [0.05, 0.1) is 6.61 Å². The van der Waals surface area contributed by atoms with Gasteiger partial charge in [-0.1, -0.05) is 6.07 Å². The van der Waals surface area contributed by atoms with Crippen LogP contribution in [0.15, 0.2) is 18.2 Å². The highest BCUT2D eigenvalue weighted by molar-refractivity contribution is 5.85. The van der Waals surface area contributed by atoms with Gasteiger partial charge in [0.1, 0.15) is 0 Å². The molecule has 1 heterocycles. The summed E-state index contributed by atoms with van der Waals surface area (Å²) in [5, 5.41) is 2.71. The number of rotatable bonds is 3. The zero-order valence-electron chi connectivity index (χ0n) is 12.2. The molecule has 5 heteroatoms. The van der Waals surface area contributed by atoms with Crippen molar-refractivity contribution in [3.63, 3.8) is 0 Å². The highest BCUT2D eigenvalue weighted by atomic mass is 16.5. The van der Waals surface area contributed by atoms with Crippen LogP contribution in [0.4, 0.5) is 10.5 Å². The van der Waals surface area contributed by atoms with Crippen molar-refractivity contribution in [1.82, 2.24) is 4.90 Å². The Hall–Kier alpha value is -2.04. The lowest BCUT2D eigenvalue weighted by atomic mass is 9.98. The fourth-order valence-electron chi connectivity index (χ4n) is 2.70. The van der Waals surface area contributed by atoms with E-state index in [-0.39, 0.29) is 11.8 Å². The average Bonchev–Trinajstić information content (AvgIpc) is 3.30. The van der Waals surface area contributed by atoms with E-state index < -0.39 is 6.09 Å². The topological polar surface area (TPSA) is 58.6 Å². The number of nitrogens with zero attached hydrogens (tertiary/aromatic N) is 1. The molecule has 2 aliphatic rings. The quantitative estimate of drug-likeness (QED) is 0.930. The molecule has 0 bridgehead atoms. The van der Waals surface area contributed by atoms with Crippen molar-refractivity contribution < 1.29 is 14.3 Å². The smallest absolute Gasteiger partial charge is 0.411 e. The molecular formula is C16H20N2O3. The number of benzene rings is 1. The van der Waals surface area contributed by atoms with E-state index >= 15 is 0 Å². The zero-order valence-corrected chi connectivity index (χ0v) is 12.2. The maximum Gasteiger partial charge on any atom is 0.411 e. The van der Waals surface area contributed by atoms with E-state index in [1.807, 2.05) is 23.1 Å². The molecule has 0 spiro atoms. The molecule has 3 rings (SSSR count). The van der Waals surface area contributed by atoms with Crippen molar-refractivity contribution in [3.8, 4) is 0 Å². The number of ether oxygens (including phenoxy) is 1. The summed E-state index contributed by atoms with van der Waals surface area (Å²) in [5.41, 5.74) is 3.08. The summed E-state index contributed by atoms with van der Waals surface area (Å²) in [6.45, 7) is 3.56. The van der Waals surface area contributed by atoms with Gasteiger partial charge in [0.2, 0.25) is 5.91 Å². The summed E-state index contributed by atoms with van der Waals surface area (Å²) in [4.78, 5) is 25.5. The largest absolute Gasteiger partial charge is 0.450 e. The molecule has 1 aliphatic heterocycles. The molecular weight excluding hydrogens is 268 g/mol. The average molecular weight is 288 g/mol. The monoisotopic (exact) mass is 288 g/mol. The molecule has 5 nitrogen and oxygen atoms in total. The van der Waals surface area contributed by atoms with Gasteiger partial charge in [-0.15, -0.1) is 0 Å². The number of nitrogens with one attached hydrogen (secondary N) is 1. The predicted octanol–water partition coefficient (Wildman–Crippen LogP) is 2.55. The molecule has 1 aromatic carbocycles. The van der Waals surface area contributed by atoms with E-state index in [2.05, 4.69) is 5.32 Å². The first-order valence-corrected chi connectivity index (χ1v) is 7.51. The number of fused-ring (bicyclic) bond motifs is 1. The normalized spacial score (nSPS) is 17.1. The van der Waals surface area contributed by atoms with Crippen LogP contribution in [0.2, 0.25) is 0 Å². The van der Waals surface area contributed by atoms with Crippen LogP contribution in [-0.2, 0) is 22.5 Å². The Bertz CT molecular complexity index is 567. The van der Waals surface area contributed by atoms with Gasteiger partial charge >= 0.3 is 6.09 Å². The number of anilines is 1. The highest BCUT2D eigenvalue weighted by Crippen LogP contribution is 2.33. The summed E-state index contributed by atoms with van der Waals surface area (Å²) in [6.07, 6.45) is 2.51. The molecule has 0 atom stereocenters. The van der Waals surface area contributed by atoms with Gasteiger partial charge in [0.25, 0.3) is 0 Å². The van der Waals surface area contributed by atoms with Gasteiger partial charge in [0, 0.05) is 24.7 Å². The van der Waals surface area contributed by atoms with Gasteiger partial charge in [0.15, 0.2) is 0 Å². The molecule has 0 radical (unpaired) electrons. The molecule has 1 saturated carbocycles. The fraction of sp³-hybridized carbons (Fsp3) is 0.500. The Kier molecular flexibility index (Phi) is 3.82. The summed E-state index contributed by atoms with van der Waals surface area (Å²) in [7, 11) is 0. The number of carbonyl (C=O) groups excluding carboxylic acids is 2. The van der Waals surface area contributed by atoms with Crippen LogP contribution >= 0.6 is 0 Å². The van der Waals surface area contributed by atoms with E-state index in [9.17, 15) is 9.59 Å². The number of amides is 2. The van der Waals surface area contributed by atoms with E-state index in [1.165, 1.54) is 5.56 Å². The number of hydrogen-bond donors (Lipinski definition) is 1. The molecule has 0 saturated heterocycles. The van der Waals surface area contributed by atoms with Crippen LogP contribution in [0.1, 0.15) is 30.9 Å². The molecule has 1 fully saturated rings. The Balaban J connectivity index is 1.70. The van der Waals surface area contributed by atoms with Crippen molar-refractivity contribution in [2.24, 2.45) is 5.92 Å². The second-order valence-electron chi connectivity index (χ2n) is 5.61. The fourth-order valence-corrected chi connectivity index (χ4v) is 2.70. The minimum atomic E-state index is -0.445. The third-order valence-corrected chi connectivity index (χ3v) is 3.98. The first kappa shape index (κ1) is 13.9. The third-order valence-electron chi connectivity index (χ3n) is 3.98. The minimum absolute atomic E-state index is 0.257. The molecule has 1 aromatic rings. The number of hydrogen-bond acceptors (Lipinski definition) is 3. The lowest BCUT2D eigenvalue weighted by Gasteiger charge is -2.29. The van der Waals surface area contributed by atoms with E-state index in [0.29, 0.717) is 18.8 Å². The van der Waals surface area contributed by atoms with Crippen LogP contribution in [0, 0.1) is 5.92 Å². The van der Waals surface area contributed by atoms with Gasteiger partial charge in [-0.05, 0) is 49.4 Å². The maximum absolute atomic E-state index is 12.2. The summed E-state index contributed by atoms with van der Waals surface area (Å²) in [6, 6.07) is 5.85. The molecule has 0 unspecified atom stereocenters. The van der Waals surface area contributed by atoms with Crippen molar-refractivity contribution in [2.45, 2.75) is 32.7 Å². The van der Waals surface area contributed by atoms with E-state index in [0.717, 1.165) is 31.4 Å².